The zero-order chi connectivity index (χ0) is 18.3. The van der Waals surface area contributed by atoms with Crippen LogP contribution in [-0.4, -0.2) is 16.1 Å². The molecule has 1 saturated carbocycles. The van der Waals surface area contributed by atoms with E-state index < -0.39 is 5.72 Å². The molecular formula is C23H24N3O+. The highest BCUT2D eigenvalue weighted by Crippen LogP contribution is 2.40. The summed E-state index contributed by atoms with van der Waals surface area (Å²) in [4.78, 5) is 6.76. The Morgan fingerprint density at radius 1 is 0.926 bits per heavy atom. The first-order valence-corrected chi connectivity index (χ1v) is 9.78. The molecule has 27 heavy (non-hydrogen) atoms. The number of hydrogen-bond donors (Lipinski definition) is 1. The molecule has 2 aliphatic rings. The van der Waals surface area contributed by atoms with Crippen LogP contribution in [-0.2, 0) is 12.3 Å². The summed E-state index contributed by atoms with van der Waals surface area (Å²) in [6.45, 7) is 0.511. The van der Waals surface area contributed by atoms with Crippen molar-refractivity contribution >= 4 is 5.95 Å². The minimum Gasteiger partial charge on any atom is -0.353 e. The Labute approximate surface area is 159 Å². The summed E-state index contributed by atoms with van der Waals surface area (Å²) in [5.74, 6) is 0.874. The number of anilines is 1. The summed E-state index contributed by atoms with van der Waals surface area (Å²) in [6.07, 6.45) is 8.49. The highest BCUT2D eigenvalue weighted by atomic mass is 16.3. The average Bonchev–Trinajstić information content (AvgIpc) is 3.34. The highest BCUT2D eigenvalue weighted by Gasteiger charge is 2.54. The van der Waals surface area contributed by atoms with E-state index in [4.69, 9.17) is 0 Å². The van der Waals surface area contributed by atoms with Gasteiger partial charge in [-0.2, -0.15) is 0 Å². The molecule has 3 aromatic rings. The molecule has 0 bridgehead atoms. The van der Waals surface area contributed by atoms with Crippen LogP contribution in [0.25, 0.3) is 11.1 Å². The first-order chi connectivity index (χ1) is 13.3. The van der Waals surface area contributed by atoms with Crippen LogP contribution in [0.3, 0.4) is 0 Å². The third-order valence-corrected chi connectivity index (χ3v) is 5.95. The summed E-state index contributed by atoms with van der Waals surface area (Å²) in [5, 5.41) is 11.8. The Balaban J connectivity index is 1.54. The fourth-order valence-corrected chi connectivity index (χ4v) is 4.61. The molecule has 1 aliphatic heterocycles. The molecule has 2 aromatic carbocycles. The molecule has 2 heterocycles. The maximum Gasteiger partial charge on any atom is 0.397 e. The average molecular weight is 358 g/mol. The van der Waals surface area contributed by atoms with Crippen LogP contribution in [0.15, 0.2) is 73.1 Å². The van der Waals surface area contributed by atoms with Crippen molar-refractivity contribution in [3.8, 4) is 11.1 Å². The van der Waals surface area contributed by atoms with Crippen molar-refractivity contribution < 1.29 is 9.67 Å². The van der Waals surface area contributed by atoms with Crippen LogP contribution in [0.4, 0.5) is 5.95 Å². The number of benzene rings is 2. The Bertz CT molecular complexity index is 935. The Kier molecular flexibility index (Phi) is 3.94. The van der Waals surface area contributed by atoms with Crippen LogP contribution in [0.1, 0.15) is 31.2 Å². The van der Waals surface area contributed by atoms with Crippen molar-refractivity contribution in [3.63, 3.8) is 0 Å². The van der Waals surface area contributed by atoms with E-state index in [2.05, 4.69) is 63.0 Å². The molecule has 5 rings (SSSR count). The number of rotatable bonds is 3. The molecule has 0 radical (unpaired) electrons. The number of aromatic nitrogens is 2. The molecule has 0 amide bonds. The number of aliphatic hydroxyl groups is 1. The third kappa shape index (κ3) is 2.72. The van der Waals surface area contributed by atoms with Crippen molar-refractivity contribution in [1.82, 2.24) is 4.98 Å². The minimum absolute atomic E-state index is 0.340. The lowest BCUT2D eigenvalue weighted by atomic mass is 9.96. The fraction of sp³-hybridized carbons (Fsp3) is 0.304. The smallest absolute Gasteiger partial charge is 0.353 e. The van der Waals surface area contributed by atoms with Crippen LogP contribution in [0.5, 0.6) is 0 Å². The fourth-order valence-electron chi connectivity index (χ4n) is 4.61. The third-order valence-electron chi connectivity index (χ3n) is 5.95. The standard InChI is InChI=1S/C23H24N3O/c27-23(20-13-11-19(12-14-20)18-7-2-1-3-8-18)17-25-16-6-15-24-22(25)26(23)21-9-4-5-10-21/h1-3,6-8,11-16,21,27H,4-5,9-10,17H2/q+1. The topological polar surface area (TPSA) is 40.2 Å². The van der Waals surface area contributed by atoms with Crippen molar-refractivity contribution in [1.29, 1.82) is 0 Å². The van der Waals surface area contributed by atoms with Crippen molar-refractivity contribution in [2.24, 2.45) is 0 Å². The summed E-state index contributed by atoms with van der Waals surface area (Å²) >= 11 is 0. The predicted octanol–water partition coefficient (Wildman–Crippen LogP) is 3.64. The van der Waals surface area contributed by atoms with E-state index in [0.717, 1.165) is 29.9 Å². The SMILES string of the molecule is OC1(c2ccc(-c3ccccc3)cc2)C[n+]2cccnc2N1C1CCCC1. The van der Waals surface area contributed by atoms with Gasteiger partial charge in [0.2, 0.25) is 5.72 Å². The predicted molar refractivity (Wildman–Crippen MR) is 105 cm³/mol. The minimum atomic E-state index is -1.05. The molecule has 136 valence electrons. The van der Waals surface area contributed by atoms with Crippen molar-refractivity contribution in [2.45, 2.75) is 44.0 Å². The maximum atomic E-state index is 11.8. The van der Waals surface area contributed by atoms with E-state index in [1.807, 2.05) is 24.5 Å². The van der Waals surface area contributed by atoms with E-state index in [1.54, 1.807) is 0 Å². The van der Waals surface area contributed by atoms with Gasteiger partial charge in [-0.3, -0.25) is 0 Å². The van der Waals surface area contributed by atoms with Crippen LogP contribution in [0.2, 0.25) is 0 Å². The second-order valence-electron chi connectivity index (χ2n) is 7.62. The first-order valence-electron chi connectivity index (χ1n) is 9.78. The summed E-state index contributed by atoms with van der Waals surface area (Å²) in [5.41, 5.74) is 2.23. The van der Waals surface area contributed by atoms with E-state index in [-0.39, 0.29) is 0 Å². The summed E-state index contributed by atoms with van der Waals surface area (Å²) < 4.78 is 2.07. The molecule has 1 unspecified atom stereocenters. The largest absolute Gasteiger partial charge is 0.397 e. The lowest BCUT2D eigenvalue weighted by Crippen LogP contribution is -2.49. The van der Waals surface area contributed by atoms with Crippen molar-refractivity contribution in [2.75, 3.05) is 4.90 Å². The zero-order valence-corrected chi connectivity index (χ0v) is 15.3. The van der Waals surface area contributed by atoms with E-state index in [9.17, 15) is 5.11 Å². The van der Waals surface area contributed by atoms with E-state index in [1.165, 1.54) is 18.4 Å². The van der Waals surface area contributed by atoms with Gasteiger partial charge in [-0.25, -0.2) is 9.47 Å². The normalized spacial score (nSPS) is 22.2. The molecule has 0 saturated heterocycles. The molecule has 4 heteroatoms. The zero-order valence-electron chi connectivity index (χ0n) is 15.3. The van der Waals surface area contributed by atoms with Crippen molar-refractivity contribution in [3.05, 3.63) is 78.6 Å². The van der Waals surface area contributed by atoms with Crippen LogP contribution in [0, 0.1) is 0 Å². The Morgan fingerprint density at radius 3 is 2.37 bits per heavy atom. The van der Waals surface area contributed by atoms with Gasteiger partial charge >= 0.3 is 5.95 Å². The van der Waals surface area contributed by atoms with Crippen LogP contribution >= 0.6 is 0 Å². The van der Waals surface area contributed by atoms with Gasteiger partial charge in [0.15, 0.2) is 0 Å². The van der Waals surface area contributed by atoms with Gasteiger partial charge < -0.3 is 5.11 Å². The van der Waals surface area contributed by atoms with Gasteiger partial charge in [-0.15, -0.1) is 0 Å². The lowest BCUT2D eigenvalue weighted by Gasteiger charge is -2.32. The monoisotopic (exact) mass is 358 g/mol. The van der Waals surface area contributed by atoms with Gasteiger partial charge in [-0.05, 0) is 36.8 Å². The van der Waals surface area contributed by atoms with Crippen LogP contribution < -0.4 is 9.47 Å². The van der Waals surface area contributed by atoms with Gasteiger partial charge in [0.25, 0.3) is 0 Å². The van der Waals surface area contributed by atoms with Gasteiger partial charge in [-0.1, -0.05) is 59.6 Å². The molecule has 1 N–H and O–H groups in total. The maximum absolute atomic E-state index is 11.8. The number of fused-ring (bicyclic) bond motifs is 1. The molecule has 1 atom stereocenters. The summed E-state index contributed by atoms with van der Waals surface area (Å²) in [6, 6.07) is 21.0. The first kappa shape index (κ1) is 16.5. The van der Waals surface area contributed by atoms with Gasteiger partial charge in [0.1, 0.15) is 12.7 Å². The van der Waals surface area contributed by atoms with Gasteiger partial charge in [0.05, 0.1) is 12.2 Å². The molecule has 1 aliphatic carbocycles. The Hall–Kier alpha value is -2.72. The highest BCUT2D eigenvalue weighted by molar-refractivity contribution is 5.63. The summed E-state index contributed by atoms with van der Waals surface area (Å²) in [7, 11) is 0. The van der Waals surface area contributed by atoms with E-state index in [0.29, 0.717) is 12.6 Å². The molecule has 1 aromatic heterocycles. The number of hydrogen-bond acceptors (Lipinski definition) is 3. The quantitative estimate of drug-likeness (QED) is 0.727. The second-order valence-corrected chi connectivity index (χ2v) is 7.62. The van der Waals surface area contributed by atoms with E-state index >= 15 is 0 Å². The second kappa shape index (κ2) is 6.46. The Morgan fingerprint density at radius 2 is 1.63 bits per heavy atom. The molecule has 1 fully saturated rings. The molecular weight excluding hydrogens is 334 g/mol. The van der Waals surface area contributed by atoms with Gasteiger partial charge in [0, 0.05) is 11.6 Å². The molecule has 0 spiro atoms. The lowest BCUT2D eigenvalue weighted by molar-refractivity contribution is -0.685. The molecule has 4 nitrogen and oxygen atoms in total. The number of nitrogens with zero attached hydrogens (tertiary/aromatic N) is 3.